The molecule has 3 amide bonds. The average molecular weight is 1010 g/mol. The summed E-state index contributed by atoms with van der Waals surface area (Å²) in [6.45, 7) is 24.8. The number of ether oxygens (including phenoxy) is 4. The second-order valence-corrected chi connectivity index (χ2v) is 19.8. The number of likely N-dealkylation sites (N-methyl/N-ethyl adjacent to an activating group) is 2. The third kappa shape index (κ3) is 22.2. The monoisotopic (exact) mass is 1010 g/mol. The van der Waals surface area contributed by atoms with Crippen LogP contribution in [0.25, 0.3) is 0 Å². The zero-order valence-electron chi connectivity index (χ0n) is 43.8. The zero-order valence-corrected chi connectivity index (χ0v) is 46.4. The van der Waals surface area contributed by atoms with Crippen molar-refractivity contribution in [1.82, 2.24) is 31.5 Å². The van der Waals surface area contributed by atoms with Crippen LogP contribution >= 0.6 is 37.0 Å². The standard InChI is InChI=1S/C24H39N3O4S.C20H32N2O5S.C5H11NOS/c1-14-10-11-19(15(2)12-14)20(13-32)27(22(29)16(3)25-9)18(5)21(28)26-17(4)23(30)31-24(6,7)8;1-12(18(23)22-13(2)19(24)27-20(3,4)5)21-16(11-28)15-9-8-14(25-6)10-17(15)26-7;1-4(6-2)5(7)8-3/h10-12,16-18,20,25,32H,13H2,1-9H3,(H,26,28);8-10,12-13,16,21,28H,11H2,1-7H3,(H,22,23);4,6H,1-3H3/t16-,17-,18-,20-;12-,13-,16-;4-/m000/s1. The molecule has 0 aliphatic carbocycles. The molecule has 2 rings (SSSR count). The Labute approximate surface area is 421 Å². The van der Waals surface area contributed by atoms with Crippen LogP contribution in [0.15, 0.2) is 36.4 Å². The van der Waals surface area contributed by atoms with Crippen molar-refractivity contribution in [3.63, 3.8) is 0 Å². The molecule has 68 heavy (non-hydrogen) atoms. The van der Waals surface area contributed by atoms with Crippen LogP contribution in [-0.2, 0) is 38.2 Å². The highest BCUT2D eigenvalue weighted by Gasteiger charge is 2.36. The summed E-state index contributed by atoms with van der Waals surface area (Å²) in [4.78, 5) is 75.5. The molecule has 2 aromatic rings. The maximum Gasteiger partial charge on any atom is 0.328 e. The van der Waals surface area contributed by atoms with Crippen LogP contribution in [0, 0.1) is 13.8 Å². The molecule has 0 aliphatic heterocycles. The number of carbonyl (C=O) groups is 6. The van der Waals surface area contributed by atoms with Crippen molar-refractivity contribution < 1.29 is 47.7 Å². The molecule has 0 radical (unpaired) electrons. The highest BCUT2D eigenvalue weighted by Crippen LogP contribution is 2.31. The predicted octanol–water partition coefficient (Wildman–Crippen LogP) is 5.93. The Morgan fingerprint density at radius 3 is 1.56 bits per heavy atom. The van der Waals surface area contributed by atoms with Gasteiger partial charge in [0.25, 0.3) is 0 Å². The Bertz CT molecular complexity index is 1940. The molecule has 5 N–H and O–H groups in total. The molecule has 0 aliphatic rings. The Balaban J connectivity index is 0.00000114. The number of nitrogens with zero attached hydrogens (tertiary/aromatic N) is 1. The van der Waals surface area contributed by atoms with Crippen molar-refractivity contribution in [2.45, 2.75) is 156 Å². The largest absolute Gasteiger partial charge is 0.497 e. The summed E-state index contributed by atoms with van der Waals surface area (Å²) in [5.74, 6) is 0.132. The summed E-state index contributed by atoms with van der Waals surface area (Å²) in [6, 6.07) is 7.34. The van der Waals surface area contributed by atoms with E-state index in [-0.39, 0.29) is 29.0 Å². The Morgan fingerprint density at radius 2 is 1.16 bits per heavy atom. The minimum Gasteiger partial charge on any atom is -0.497 e. The lowest BCUT2D eigenvalue weighted by Crippen LogP contribution is -2.56. The number of nitrogens with one attached hydrogen (secondary N) is 5. The zero-order chi connectivity index (χ0) is 52.9. The van der Waals surface area contributed by atoms with Crippen LogP contribution in [0.4, 0.5) is 0 Å². The molecule has 0 saturated carbocycles. The minimum atomic E-state index is -0.849. The Kier molecular flexibility index (Phi) is 28.8. The molecule has 0 fully saturated rings. The van der Waals surface area contributed by atoms with Gasteiger partial charge in [0.2, 0.25) is 22.8 Å². The number of amides is 3. The maximum atomic E-state index is 13.3. The normalized spacial score (nSPS) is 14.8. The van der Waals surface area contributed by atoms with Crippen LogP contribution < -0.4 is 36.1 Å². The van der Waals surface area contributed by atoms with Crippen molar-refractivity contribution in [2.75, 3.05) is 46.1 Å². The van der Waals surface area contributed by atoms with Gasteiger partial charge in [-0.05, 0) is 134 Å². The molecule has 8 atom stereocenters. The van der Waals surface area contributed by atoms with E-state index in [4.69, 9.17) is 18.9 Å². The molecule has 16 nitrogen and oxygen atoms in total. The van der Waals surface area contributed by atoms with Crippen molar-refractivity contribution >= 4 is 71.8 Å². The molecule has 386 valence electrons. The van der Waals surface area contributed by atoms with Gasteiger partial charge < -0.3 is 45.1 Å². The second kappa shape index (κ2) is 30.6. The topological polar surface area (TPSA) is 203 Å². The van der Waals surface area contributed by atoms with Gasteiger partial charge in [0, 0.05) is 29.2 Å². The van der Waals surface area contributed by atoms with Crippen molar-refractivity contribution in [3.05, 3.63) is 58.7 Å². The molecule has 0 aromatic heterocycles. The molecule has 19 heteroatoms. The van der Waals surface area contributed by atoms with E-state index in [0.29, 0.717) is 23.0 Å². The summed E-state index contributed by atoms with van der Waals surface area (Å²) in [5, 5.41) is 14.6. The molecular formula is C49H82N6O10S3. The van der Waals surface area contributed by atoms with Crippen LogP contribution in [0.5, 0.6) is 11.5 Å². The molecule has 0 unspecified atom stereocenters. The fourth-order valence-corrected chi connectivity index (χ4v) is 7.36. The number of carbonyl (C=O) groups excluding carboxylic acids is 6. The van der Waals surface area contributed by atoms with E-state index in [2.05, 4.69) is 51.8 Å². The number of rotatable bonds is 20. The smallest absolute Gasteiger partial charge is 0.328 e. The Hall–Kier alpha value is -4.01. The first-order valence-corrected chi connectivity index (χ1v) is 25.0. The van der Waals surface area contributed by atoms with Gasteiger partial charge in [-0.2, -0.15) is 25.3 Å². The summed E-state index contributed by atoms with van der Waals surface area (Å²) in [5.41, 5.74) is 2.66. The van der Waals surface area contributed by atoms with Gasteiger partial charge in [-0.25, -0.2) is 9.59 Å². The number of aryl methyl sites for hydroxylation is 2. The van der Waals surface area contributed by atoms with Gasteiger partial charge in [0.15, 0.2) is 0 Å². The molecule has 2 aromatic carbocycles. The highest BCUT2D eigenvalue weighted by atomic mass is 32.2. The van der Waals surface area contributed by atoms with E-state index in [1.807, 2.05) is 51.1 Å². The quantitative estimate of drug-likeness (QED) is 0.0608. The Morgan fingerprint density at radius 1 is 0.662 bits per heavy atom. The number of methoxy groups -OCH3 is 2. The third-order valence-electron chi connectivity index (χ3n) is 10.2. The van der Waals surface area contributed by atoms with Crippen LogP contribution in [0.1, 0.15) is 117 Å². The average Bonchev–Trinajstić information content (AvgIpc) is 3.27. The van der Waals surface area contributed by atoms with Crippen molar-refractivity contribution in [1.29, 1.82) is 0 Å². The molecule has 0 spiro atoms. The number of hydrogen-bond acceptors (Lipinski definition) is 16. The molecule has 0 heterocycles. The van der Waals surface area contributed by atoms with Gasteiger partial charge >= 0.3 is 11.9 Å². The number of benzene rings is 2. The highest BCUT2D eigenvalue weighted by molar-refractivity contribution is 8.13. The first-order valence-electron chi connectivity index (χ1n) is 22.5. The van der Waals surface area contributed by atoms with Crippen LogP contribution in [0.2, 0.25) is 0 Å². The number of thiol groups is 2. The first kappa shape index (κ1) is 64.0. The van der Waals surface area contributed by atoms with E-state index in [1.54, 1.807) is 122 Å². The first-order chi connectivity index (χ1) is 31.5. The summed E-state index contributed by atoms with van der Waals surface area (Å²) >= 11 is 10.2. The molecule has 0 saturated heterocycles. The minimum absolute atomic E-state index is 0.00926. The van der Waals surface area contributed by atoms with E-state index >= 15 is 0 Å². The number of thioether (sulfide) groups is 1. The fourth-order valence-electron chi connectivity index (χ4n) is 6.21. The summed E-state index contributed by atoms with van der Waals surface area (Å²) < 4.78 is 21.3. The van der Waals surface area contributed by atoms with Gasteiger partial charge in [0.05, 0.1) is 38.4 Å². The van der Waals surface area contributed by atoms with E-state index in [0.717, 1.165) is 22.3 Å². The summed E-state index contributed by atoms with van der Waals surface area (Å²) in [7, 11) is 6.63. The van der Waals surface area contributed by atoms with Gasteiger partial charge in [-0.1, -0.05) is 41.6 Å². The lowest BCUT2D eigenvalue weighted by molar-refractivity contribution is -0.159. The van der Waals surface area contributed by atoms with Gasteiger partial charge in [0.1, 0.15) is 40.8 Å². The number of esters is 2. The fraction of sp³-hybridized carbons (Fsp3) is 0.633. The molecule has 0 bridgehead atoms. The van der Waals surface area contributed by atoms with E-state index in [1.165, 1.54) is 11.8 Å². The van der Waals surface area contributed by atoms with Gasteiger partial charge in [-0.3, -0.25) is 24.5 Å². The lowest BCUT2D eigenvalue weighted by atomic mass is 9.97. The third-order valence-corrected chi connectivity index (χ3v) is 11.7. The van der Waals surface area contributed by atoms with Crippen LogP contribution in [-0.4, -0.2) is 133 Å². The SMILES string of the molecule is CN[C@@H](C)C(=O)N([C@@H](C)C(=O)N[C@@H](C)C(=O)OC(C)(C)C)[C@@H](CS)c1ccc(C)cc1C.CN[C@@H](C)C(=O)SC.COc1ccc([C@H](CS)N[C@@H](C)C(=O)N[C@@H](C)C(=O)OC(C)(C)C)c(OC)c1. The van der Waals surface area contributed by atoms with Crippen LogP contribution in [0.3, 0.4) is 0 Å². The van der Waals surface area contributed by atoms with Gasteiger partial charge in [-0.15, -0.1) is 0 Å². The number of hydrogen-bond donors (Lipinski definition) is 7. The van der Waals surface area contributed by atoms with Crippen molar-refractivity contribution in [3.8, 4) is 11.5 Å². The summed E-state index contributed by atoms with van der Waals surface area (Å²) in [6.07, 6.45) is 1.79. The second-order valence-electron chi connectivity index (χ2n) is 18.3. The predicted molar refractivity (Wildman–Crippen MR) is 280 cm³/mol. The maximum absolute atomic E-state index is 13.3. The lowest BCUT2D eigenvalue weighted by Gasteiger charge is -2.38. The van der Waals surface area contributed by atoms with E-state index in [9.17, 15) is 28.8 Å². The van der Waals surface area contributed by atoms with E-state index < -0.39 is 65.3 Å². The molecular weight excluding hydrogens is 929 g/mol. The van der Waals surface area contributed by atoms with Crippen molar-refractivity contribution in [2.24, 2.45) is 0 Å².